The number of halogens is 3. The summed E-state index contributed by atoms with van der Waals surface area (Å²) in [5.41, 5.74) is 0. The van der Waals surface area contributed by atoms with Gasteiger partial charge in [0.2, 0.25) is 5.91 Å². The van der Waals surface area contributed by atoms with Gasteiger partial charge in [-0.25, -0.2) is 4.79 Å². The molecule has 2 N–H and O–H groups in total. The van der Waals surface area contributed by atoms with E-state index in [2.05, 4.69) is 10.6 Å². The minimum Gasteiger partial charge on any atom is -0.469 e. The third kappa shape index (κ3) is 5.19. The Balaban J connectivity index is 1.78. The SMILES string of the molecule is C[C@H](Cc1ccco1)NC(=O)N[C@H]1CCN(CC(F)(F)F)C1=O. The van der Waals surface area contributed by atoms with E-state index in [1.807, 2.05) is 0 Å². The number of amides is 3. The Labute approximate surface area is 131 Å². The van der Waals surface area contributed by atoms with Crippen molar-refractivity contribution >= 4 is 11.9 Å². The lowest BCUT2D eigenvalue weighted by Gasteiger charge is -2.19. The minimum absolute atomic E-state index is 0.0226. The predicted octanol–water partition coefficient (Wildman–Crippen LogP) is 1.67. The molecule has 2 heterocycles. The molecule has 0 aliphatic carbocycles. The molecule has 1 aromatic heterocycles. The van der Waals surface area contributed by atoms with Crippen LogP contribution in [0.3, 0.4) is 0 Å². The Kier molecular flexibility index (Phi) is 5.17. The third-order valence-electron chi connectivity index (χ3n) is 3.44. The number of furan rings is 1. The molecule has 23 heavy (non-hydrogen) atoms. The second-order valence-corrected chi connectivity index (χ2v) is 5.52. The Bertz CT molecular complexity index is 545. The zero-order valence-corrected chi connectivity index (χ0v) is 12.5. The summed E-state index contributed by atoms with van der Waals surface area (Å²) >= 11 is 0. The second kappa shape index (κ2) is 6.93. The zero-order valence-electron chi connectivity index (χ0n) is 12.5. The number of urea groups is 1. The molecule has 9 heteroatoms. The number of nitrogens with zero attached hydrogens (tertiary/aromatic N) is 1. The predicted molar refractivity (Wildman–Crippen MR) is 74.6 cm³/mol. The van der Waals surface area contributed by atoms with E-state index in [1.165, 1.54) is 6.26 Å². The minimum atomic E-state index is -4.44. The van der Waals surface area contributed by atoms with Crippen LogP contribution in [-0.2, 0) is 11.2 Å². The molecular formula is C14H18F3N3O3. The first-order valence-electron chi connectivity index (χ1n) is 7.19. The number of hydrogen-bond acceptors (Lipinski definition) is 3. The van der Waals surface area contributed by atoms with Gasteiger partial charge < -0.3 is 20.0 Å². The summed E-state index contributed by atoms with van der Waals surface area (Å²) in [5, 5.41) is 5.04. The van der Waals surface area contributed by atoms with Crippen molar-refractivity contribution in [2.75, 3.05) is 13.1 Å². The summed E-state index contributed by atoms with van der Waals surface area (Å²) in [6.07, 6.45) is -2.28. The monoisotopic (exact) mass is 333 g/mol. The molecule has 128 valence electrons. The topological polar surface area (TPSA) is 74.6 Å². The van der Waals surface area contributed by atoms with E-state index in [0.29, 0.717) is 17.1 Å². The molecule has 2 rings (SSSR count). The number of nitrogens with one attached hydrogen (secondary N) is 2. The first-order chi connectivity index (χ1) is 10.7. The summed E-state index contributed by atoms with van der Waals surface area (Å²) in [4.78, 5) is 24.4. The molecule has 2 atom stereocenters. The van der Waals surface area contributed by atoms with Crippen molar-refractivity contribution < 1.29 is 27.2 Å². The molecule has 0 unspecified atom stereocenters. The number of alkyl halides is 3. The van der Waals surface area contributed by atoms with E-state index < -0.39 is 30.7 Å². The van der Waals surface area contributed by atoms with Gasteiger partial charge in [0.05, 0.1) is 6.26 Å². The highest BCUT2D eigenvalue weighted by Gasteiger charge is 2.39. The van der Waals surface area contributed by atoms with Crippen LogP contribution in [-0.4, -0.2) is 48.2 Å². The normalized spacial score (nSPS) is 19.7. The molecule has 0 spiro atoms. The summed E-state index contributed by atoms with van der Waals surface area (Å²) in [5.74, 6) is -0.0118. The van der Waals surface area contributed by atoms with Gasteiger partial charge in [0.1, 0.15) is 18.3 Å². The van der Waals surface area contributed by atoms with Crippen molar-refractivity contribution in [3.05, 3.63) is 24.2 Å². The molecule has 1 aliphatic heterocycles. The van der Waals surface area contributed by atoms with Gasteiger partial charge in [0.15, 0.2) is 0 Å². The average Bonchev–Trinajstić information content (AvgIpc) is 3.02. The van der Waals surface area contributed by atoms with Crippen LogP contribution in [0.5, 0.6) is 0 Å². The number of carbonyl (C=O) groups is 2. The maximum atomic E-state index is 12.3. The molecule has 1 fully saturated rings. The molecule has 0 radical (unpaired) electrons. The van der Waals surface area contributed by atoms with E-state index in [4.69, 9.17) is 4.42 Å². The van der Waals surface area contributed by atoms with Gasteiger partial charge in [0.25, 0.3) is 0 Å². The average molecular weight is 333 g/mol. The Morgan fingerprint density at radius 2 is 2.26 bits per heavy atom. The Hall–Kier alpha value is -2.19. The highest BCUT2D eigenvalue weighted by atomic mass is 19.4. The van der Waals surface area contributed by atoms with Crippen LogP contribution in [0.15, 0.2) is 22.8 Å². The maximum Gasteiger partial charge on any atom is 0.406 e. The van der Waals surface area contributed by atoms with Crippen LogP contribution in [0.4, 0.5) is 18.0 Å². The Morgan fingerprint density at radius 1 is 1.52 bits per heavy atom. The van der Waals surface area contributed by atoms with Crippen molar-refractivity contribution in [3.8, 4) is 0 Å². The molecule has 1 aromatic rings. The van der Waals surface area contributed by atoms with Crippen LogP contribution in [0, 0.1) is 0 Å². The molecule has 1 aliphatic rings. The standard InChI is InChI=1S/C14H18F3N3O3/c1-9(7-10-3-2-6-23-10)18-13(22)19-11-4-5-20(12(11)21)8-14(15,16)17/h2-3,6,9,11H,4-5,7-8H2,1H3,(H2,18,19,22)/t9-,11+/m1/s1. The largest absolute Gasteiger partial charge is 0.469 e. The van der Waals surface area contributed by atoms with Crippen LogP contribution >= 0.6 is 0 Å². The van der Waals surface area contributed by atoms with Gasteiger partial charge in [-0.1, -0.05) is 0 Å². The molecule has 1 saturated heterocycles. The number of rotatable bonds is 5. The van der Waals surface area contributed by atoms with Crippen LogP contribution in [0.1, 0.15) is 19.1 Å². The Morgan fingerprint density at radius 3 is 2.87 bits per heavy atom. The molecule has 3 amide bonds. The van der Waals surface area contributed by atoms with Gasteiger partial charge in [-0.3, -0.25) is 4.79 Å². The van der Waals surface area contributed by atoms with E-state index in [9.17, 15) is 22.8 Å². The maximum absolute atomic E-state index is 12.3. The van der Waals surface area contributed by atoms with Gasteiger partial charge >= 0.3 is 12.2 Å². The van der Waals surface area contributed by atoms with Gasteiger partial charge in [0, 0.05) is 19.0 Å². The summed E-state index contributed by atoms with van der Waals surface area (Å²) in [7, 11) is 0. The highest BCUT2D eigenvalue weighted by molar-refractivity contribution is 5.88. The van der Waals surface area contributed by atoms with Crippen molar-refractivity contribution in [1.29, 1.82) is 0 Å². The van der Waals surface area contributed by atoms with E-state index in [1.54, 1.807) is 19.1 Å². The van der Waals surface area contributed by atoms with E-state index >= 15 is 0 Å². The first kappa shape index (κ1) is 17.2. The number of hydrogen-bond donors (Lipinski definition) is 2. The first-order valence-corrected chi connectivity index (χ1v) is 7.19. The fraction of sp³-hybridized carbons (Fsp3) is 0.571. The molecule has 6 nitrogen and oxygen atoms in total. The number of carbonyl (C=O) groups excluding carboxylic acids is 2. The molecular weight excluding hydrogens is 315 g/mol. The lowest BCUT2D eigenvalue weighted by molar-refractivity contribution is -0.157. The highest BCUT2D eigenvalue weighted by Crippen LogP contribution is 2.20. The van der Waals surface area contributed by atoms with Crippen LogP contribution in [0.2, 0.25) is 0 Å². The summed E-state index contributed by atoms with van der Waals surface area (Å²) in [6.45, 7) is 0.445. The molecule has 0 saturated carbocycles. The van der Waals surface area contributed by atoms with Gasteiger partial charge in [-0.15, -0.1) is 0 Å². The second-order valence-electron chi connectivity index (χ2n) is 5.52. The van der Waals surface area contributed by atoms with Crippen molar-refractivity contribution in [2.24, 2.45) is 0 Å². The smallest absolute Gasteiger partial charge is 0.406 e. The lowest BCUT2D eigenvalue weighted by Crippen LogP contribution is -2.49. The molecule has 0 aromatic carbocycles. The zero-order chi connectivity index (χ0) is 17.0. The quantitative estimate of drug-likeness (QED) is 0.861. The van der Waals surface area contributed by atoms with Crippen molar-refractivity contribution in [2.45, 2.75) is 38.0 Å². The fourth-order valence-corrected chi connectivity index (χ4v) is 2.45. The third-order valence-corrected chi connectivity index (χ3v) is 3.44. The number of likely N-dealkylation sites (tertiary alicyclic amines) is 1. The molecule has 0 bridgehead atoms. The summed E-state index contributed by atoms with van der Waals surface area (Å²) < 4.78 is 42.1. The van der Waals surface area contributed by atoms with Crippen molar-refractivity contribution in [1.82, 2.24) is 15.5 Å². The van der Waals surface area contributed by atoms with Crippen LogP contribution in [0.25, 0.3) is 0 Å². The lowest BCUT2D eigenvalue weighted by atomic mass is 10.2. The van der Waals surface area contributed by atoms with Gasteiger partial charge in [-0.05, 0) is 25.5 Å². The van der Waals surface area contributed by atoms with Crippen LogP contribution < -0.4 is 10.6 Å². The van der Waals surface area contributed by atoms with E-state index in [0.717, 1.165) is 0 Å². The van der Waals surface area contributed by atoms with E-state index in [-0.39, 0.29) is 19.0 Å². The van der Waals surface area contributed by atoms with Crippen molar-refractivity contribution in [3.63, 3.8) is 0 Å². The fourth-order valence-electron chi connectivity index (χ4n) is 2.45. The van der Waals surface area contributed by atoms with Gasteiger partial charge in [-0.2, -0.15) is 13.2 Å². The summed E-state index contributed by atoms with van der Waals surface area (Å²) in [6, 6.07) is 1.74.